The largest absolute Gasteiger partial charge is 0.235 e. The van der Waals surface area contributed by atoms with Crippen molar-refractivity contribution >= 4 is 17.2 Å². The summed E-state index contributed by atoms with van der Waals surface area (Å²) >= 11 is 5.65. The lowest BCUT2D eigenvalue weighted by molar-refractivity contribution is 0.939. The van der Waals surface area contributed by atoms with Gasteiger partial charge in [-0.3, -0.25) is 0 Å². The normalized spacial score (nSPS) is 10.5. The number of nitrogens with zero attached hydrogens (tertiary/aromatic N) is 3. The number of aromatic nitrogens is 3. The predicted octanol–water partition coefficient (Wildman–Crippen LogP) is 1.38. The molecule has 0 saturated heterocycles. The van der Waals surface area contributed by atoms with Crippen molar-refractivity contribution in [1.82, 2.24) is 14.6 Å². The van der Waals surface area contributed by atoms with Crippen LogP contribution in [0, 0.1) is 0 Å². The Morgan fingerprint density at radius 3 is 3.30 bits per heavy atom. The van der Waals surface area contributed by atoms with E-state index in [2.05, 4.69) is 10.1 Å². The van der Waals surface area contributed by atoms with Crippen LogP contribution in [0.25, 0.3) is 5.65 Å². The van der Waals surface area contributed by atoms with Crippen LogP contribution in [0.15, 0.2) is 24.7 Å². The van der Waals surface area contributed by atoms with E-state index in [-0.39, 0.29) is 0 Å². The van der Waals surface area contributed by atoms with Gasteiger partial charge in [-0.1, -0.05) is 11.6 Å². The van der Waals surface area contributed by atoms with Crippen LogP contribution in [0.1, 0.15) is 0 Å². The Hall–Kier alpha value is -1.09. The molecular weight excluding hydrogens is 150 g/mol. The zero-order chi connectivity index (χ0) is 6.97. The third-order valence-corrected chi connectivity index (χ3v) is 1.41. The lowest BCUT2D eigenvalue weighted by Crippen LogP contribution is -1.87. The lowest BCUT2D eigenvalue weighted by Gasteiger charge is -1.90. The molecular formula is C6H4ClN3. The number of hydrogen-bond donors (Lipinski definition) is 0. The van der Waals surface area contributed by atoms with Gasteiger partial charge in [0.15, 0.2) is 5.65 Å². The minimum absolute atomic E-state index is 0.594. The smallest absolute Gasteiger partial charge is 0.154 e. The van der Waals surface area contributed by atoms with Crippen molar-refractivity contribution in [1.29, 1.82) is 0 Å². The van der Waals surface area contributed by atoms with Crippen molar-refractivity contribution < 1.29 is 0 Å². The molecule has 2 aromatic rings. The molecule has 0 amide bonds. The molecule has 2 rings (SSSR count). The van der Waals surface area contributed by atoms with Gasteiger partial charge >= 0.3 is 0 Å². The predicted molar refractivity (Wildman–Crippen MR) is 38.0 cm³/mol. The Morgan fingerprint density at radius 2 is 2.40 bits per heavy atom. The van der Waals surface area contributed by atoms with E-state index in [1.165, 1.54) is 0 Å². The van der Waals surface area contributed by atoms with Crippen molar-refractivity contribution in [2.75, 3.05) is 0 Å². The van der Waals surface area contributed by atoms with Crippen LogP contribution in [0.3, 0.4) is 0 Å². The van der Waals surface area contributed by atoms with Crippen LogP contribution >= 0.6 is 11.6 Å². The average molecular weight is 154 g/mol. The topological polar surface area (TPSA) is 30.2 Å². The molecule has 2 aromatic heterocycles. The van der Waals surface area contributed by atoms with Gasteiger partial charge in [-0.2, -0.15) is 5.10 Å². The maximum atomic E-state index is 5.65. The van der Waals surface area contributed by atoms with E-state index in [0.717, 1.165) is 5.65 Å². The Kier molecular flexibility index (Phi) is 1.11. The molecule has 50 valence electrons. The van der Waals surface area contributed by atoms with Gasteiger partial charge in [0, 0.05) is 12.3 Å². The summed E-state index contributed by atoms with van der Waals surface area (Å²) < 4.78 is 1.63. The van der Waals surface area contributed by atoms with E-state index in [0.29, 0.717) is 5.02 Å². The third-order valence-electron chi connectivity index (χ3n) is 1.22. The van der Waals surface area contributed by atoms with Gasteiger partial charge in [-0.05, 0) is 0 Å². The van der Waals surface area contributed by atoms with E-state index in [1.807, 2.05) is 6.07 Å². The molecule has 0 aliphatic heterocycles. The fourth-order valence-electron chi connectivity index (χ4n) is 0.787. The third kappa shape index (κ3) is 0.752. The van der Waals surface area contributed by atoms with E-state index in [4.69, 9.17) is 11.6 Å². The zero-order valence-electron chi connectivity index (χ0n) is 5.03. The Morgan fingerprint density at radius 1 is 1.50 bits per heavy atom. The van der Waals surface area contributed by atoms with Gasteiger partial charge in [0.2, 0.25) is 0 Å². The van der Waals surface area contributed by atoms with Crippen molar-refractivity contribution in [2.45, 2.75) is 0 Å². The highest BCUT2D eigenvalue weighted by Gasteiger charge is 1.92. The number of halogens is 1. The summed E-state index contributed by atoms with van der Waals surface area (Å²) in [7, 11) is 0. The summed E-state index contributed by atoms with van der Waals surface area (Å²) in [4.78, 5) is 4.01. The second-order valence-corrected chi connectivity index (χ2v) is 2.34. The molecule has 0 saturated carbocycles. The molecule has 0 unspecified atom stereocenters. The van der Waals surface area contributed by atoms with Crippen LogP contribution in [0.2, 0.25) is 5.02 Å². The second kappa shape index (κ2) is 1.95. The SMILES string of the molecule is Clc1cnc2ccnn2c1. The first-order valence-electron chi connectivity index (χ1n) is 2.81. The highest BCUT2D eigenvalue weighted by Crippen LogP contribution is 2.05. The van der Waals surface area contributed by atoms with Crippen molar-refractivity contribution in [2.24, 2.45) is 0 Å². The molecule has 0 bridgehead atoms. The van der Waals surface area contributed by atoms with Crippen LogP contribution in [-0.4, -0.2) is 14.6 Å². The van der Waals surface area contributed by atoms with Gasteiger partial charge in [0.05, 0.1) is 17.4 Å². The molecule has 3 nitrogen and oxygen atoms in total. The Labute approximate surface area is 62.3 Å². The molecule has 10 heavy (non-hydrogen) atoms. The molecule has 4 heteroatoms. The summed E-state index contributed by atoms with van der Waals surface area (Å²) in [6.45, 7) is 0. The van der Waals surface area contributed by atoms with Crippen molar-refractivity contribution in [3.05, 3.63) is 29.7 Å². The zero-order valence-corrected chi connectivity index (χ0v) is 5.78. The monoisotopic (exact) mass is 153 g/mol. The molecule has 0 aliphatic rings. The summed E-state index contributed by atoms with van der Waals surface area (Å²) in [5.41, 5.74) is 0.810. The summed E-state index contributed by atoms with van der Waals surface area (Å²) in [5.74, 6) is 0. The number of hydrogen-bond acceptors (Lipinski definition) is 2. The first kappa shape index (κ1) is 5.68. The van der Waals surface area contributed by atoms with Gasteiger partial charge < -0.3 is 0 Å². The van der Waals surface area contributed by atoms with Crippen LogP contribution < -0.4 is 0 Å². The van der Waals surface area contributed by atoms with E-state index in [9.17, 15) is 0 Å². The average Bonchev–Trinajstić information content (AvgIpc) is 2.33. The molecule has 0 radical (unpaired) electrons. The molecule has 0 atom stereocenters. The van der Waals surface area contributed by atoms with Gasteiger partial charge in [-0.25, -0.2) is 9.50 Å². The van der Waals surface area contributed by atoms with Crippen LogP contribution in [0.5, 0.6) is 0 Å². The number of fused-ring (bicyclic) bond motifs is 1. The summed E-state index contributed by atoms with van der Waals surface area (Å²) in [6, 6.07) is 1.82. The summed E-state index contributed by atoms with van der Waals surface area (Å²) in [5, 5.41) is 4.54. The minimum Gasteiger partial charge on any atom is -0.235 e. The molecule has 0 aromatic carbocycles. The first-order chi connectivity index (χ1) is 4.86. The van der Waals surface area contributed by atoms with Gasteiger partial charge in [0.1, 0.15) is 0 Å². The maximum absolute atomic E-state index is 5.65. The van der Waals surface area contributed by atoms with E-state index < -0.39 is 0 Å². The highest BCUT2D eigenvalue weighted by molar-refractivity contribution is 6.30. The maximum Gasteiger partial charge on any atom is 0.154 e. The molecule has 0 N–H and O–H groups in total. The van der Waals surface area contributed by atoms with Gasteiger partial charge in [-0.15, -0.1) is 0 Å². The second-order valence-electron chi connectivity index (χ2n) is 1.91. The number of rotatable bonds is 0. The fraction of sp³-hybridized carbons (Fsp3) is 0. The summed E-state index contributed by atoms with van der Waals surface area (Å²) in [6.07, 6.45) is 4.99. The van der Waals surface area contributed by atoms with E-state index in [1.54, 1.807) is 23.1 Å². The molecule has 2 heterocycles. The molecule has 0 fully saturated rings. The standard InChI is InChI=1S/C6H4ClN3/c7-5-3-8-6-1-2-9-10(6)4-5/h1-4H. The lowest BCUT2D eigenvalue weighted by atomic mass is 10.6. The minimum atomic E-state index is 0.594. The quantitative estimate of drug-likeness (QED) is 0.573. The van der Waals surface area contributed by atoms with Crippen LogP contribution in [-0.2, 0) is 0 Å². The van der Waals surface area contributed by atoms with Crippen molar-refractivity contribution in [3.63, 3.8) is 0 Å². The molecule has 0 aliphatic carbocycles. The Balaban J connectivity index is 2.86. The highest BCUT2D eigenvalue weighted by atomic mass is 35.5. The first-order valence-corrected chi connectivity index (χ1v) is 3.19. The van der Waals surface area contributed by atoms with Gasteiger partial charge in [0.25, 0.3) is 0 Å². The molecule has 0 spiro atoms. The Bertz CT molecular complexity index is 355. The van der Waals surface area contributed by atoms with Crippen molar-refractivity contribution in [3.8, 4) is 0 Å². The fourth-order valence-corrected chi connectivity index (χ4v) is 0.928. The van der Waals surface area contributed by atoms with Crippen LogP contribution in [0.4, 0.5) is 0 Å². The van der Waals surface area contributed by atoms with E-state index >= 15 is 0 Å².